The molecule has 0 bridgehead atoms. The number of halogens is 3. The number of hydrogen-bond acceptors (Lipinski definition) is 7. The zero-order valence-electron chi connectivity index (χ0n) is 27.0. The number of esters is 1. The van der Waals surface area contributed by atoms with Crippen LogP contribution in [-0.2, 0) is 27.1 Å². The van der Waals surface area contributed by atoms with Crippen molar-refractivity contribution in [2.75, 3.05) is 30.4 Å². The van der Waals surface area contributed by atoms with E-state index in [1.807, 2.05) is 37.4 Å². The molecule has 6 rings (SSSR count). The summed E-state index contributed by atoms with van der Waals surface area (Å²) in [5.74, 6) is -3.95. The van der Waals surface area contributed by atoms with Crippen LogP contribution < -0.4 is 10.2 Å². The van der Waals surface area contributed by atoms with Crippen molar-refractivity contribution in [3.05, 3.63) is 102 Å². The largest absolute Gasteiger partial charge is 0.461 e. The molecule has 3 aromatic carbocycles. The van der Waals surface area contributed by atoms with Crippen LogP contribution in [0.15, 0.2) is 89.3 Å². The number of carbonyl (C=O) groups excluding carboxylic acids is 3. The molecule has 2 aliphatic rings. The van der Waals surface area contributed by atoms with Crippen molar-refractivity contribution in [1.29, 1.82) is 0 Å². The molecule has 1 aromatic heterocycles. The van der Waals surface area contributed by atoms with Crippen LogP contribution in [0, 0.1) is 11.8 Å². The van der Waals surface area contributed by atoms with Gasteiger partial charge >= 0.3 is 12.1 Å². The Morgan fingerprint density at radius 3 is 2.18 bits per heavy atom. The zero-order valence-corrected chi connectivity index (χ0v) is 27.0. The summed E-state index contributed by atoms with van der Waals surface area (Å²) in [6.07, 6.45) is -1.34. The summed E-state index contributed by atoms with van der Waals surface area (Å²) in [6, 6.07) is 24.4. The summed E-state index contributed by atoms with van der Waals surface area (Å²) in [6.45, 7) is 1.55. The number of nitrogens with one attached hydrogen (secondary N) is 1. The topological polar surface area (TPSA) is 105 Å². The average molecular weight is 675 g/mol. The molecular weight excluding hydrogens is 637 g/mol. The molecule has 0 unspecified atom stereocenters. The Bertz CT molecular complexity index is 1750. The SMILES string of the molecule is CN(C(=O)[C@H]1CCC[C@@H]1C(=O)OCc1ccccc1)C1CCN(c2ccc(NC(=O)c3nc(-c4ccccc4)oc3C(F)(F)F)cc2)CC1. The van der Waals surface area contributed by atoms with Crippen molar-refractivity contribution >= 4 is 29.2 Å². The lowest BCUT2D eigenvalue weighted by atomic mass is 9.93. The van der Waals surface area contributed by atoms with E-state index in [1.54, 1.807) is 59.5 Å². The first-order chi connectivity index (χ1) is 23.6. The van der Waals surface area contributed by atoms with Gasteiger partial charge in [0.25, 0.3) is 5.91 Å². The van der Waals surface area contributed by atoms with E-state index < -0.39 is 29.5 Å². The molecule has 1 N–H and O–H groups in total. The quantitative estimate of drug-likeness (QED) is 0.187. The van der Waals surface area contributed by atoms with Gasteiger partial charge in [-0.3, -0.25) is 14.4 Å². The van der Waals surface area contributed by atoms with E-state index in [4.69, 9.17) is 9.15 Å². The predicted molar refractivity (Wildman–Crippen MR) is 176 cm³/mol. The smallest absolute Gasteiger partial charge is 0.452 e. The Kier molecular flexibility index (Phi) is 10.0. The Labute approximate surface area is 282 Å². The number of nitrogens with zero attached hydrogens (tertiary/aromatic N) is 3. The lowest BCUT2D eigenvalue weighted by Gasteiger charge is -2.39. The maximum absolute atomic E-state index is 13.7. The molecule has 1 saturated carbocycles. The van der Waals surface area contributed by atoms with E-state index in [1.165, 1.54) is 0 Å². The van der Waals surface area contributed by atoms with Gasteiger partial charge in [-0.1, -0.05) is 55.0 Å². The van der Waals surface area contributed by atoms with Gasteiger partial charge in [-0.2, -0.15) is 13.2 Å². The fraction of sp³-hybridized carbons (Fsp3) is 0.351. The summed E-state index contributed by atoms with van der Waals surface area (Å²) >= 11 is 0. The first kappa shape index (κ1) is 33.8. The van der Waals surface area contributed by atoms with Gasteiger partial charge in [0.05, 0.1) is 11.8 Å². The van der Waals surface area contributed by atoms with Crippen LogP contribution in [0.4, 0.5) is 24.5 Å². The lowest BCUT2D eigenvalue weighted by molar-refractivity contribution is -0.155. The van der Waals surface area contributed by atoms with Crippen molar-refractivity contribution in [3.63, 3.8) is 0 Å². The second-order valence-electron chi connectivity index (χ2n) is 12.5. The molecule has 2 amide bonds. The Balaban J connectivity index is 1.02. The second-order valence-corrected chi connectivity index (χ2v) is 12.5. The molecule has 12 heteroatoms. The van der Waals surface area contributed by atoms with Gasteiger partial charge in [-0.05, 0) is 67.6 Å². The van der Waals surface area contributed by atoms with E-state index in [9.17, 15) is 27.6 Å². The fourth-order valence-corrected chi connectivity index (χ4v) is 6.64. The molecule has 256 valence electrons. The minimum Gasteiger partial charge on any atom is -0.461 e. The van der Waals surface area contributed by atoms with Crippen molar-refractivity contribution < 1.29 is 36.7 Å². The van der Waals surface area contributed by atoms with Gasteiger partial charge in [0, 0.05) is 43.1 Å². The number of amides is 2. The molecular formula is C37H37F3N4O5. The fourth-order valence-electron chi connectivity index (χ4n) is 6.64. The van der Waals surface area contributed by atoms with E-state index in [-0.39, 0.29) is 36.3 Å². The van der Waals surface area contributed by atoms with Gasteiger partial charge in [0.2, 0.25) is 17.6 Å². The van der Waals surface area contributed by atoms with Crippen molar-refractivity contribution in [2.45, 2.75) is 50.9 Å². The minimum absolute atomic E-state index is 0.0191. The first-order valence-corrected chi connectivity index (χ1v) is 16.4. The highest BCUT2D eigenvalue weighted by Crippen LogP contribution is 2.37. The molecule has 0 spiro atoms. The van der Waals surface area contributed by atoms with E-state index in [2.05, 4.69) is 15.2 Å². The third-order valence-electron chi connectivity index (χ3n) is 9.33. The molecule has 1 saturated heterocycles. The highest BCUT2D eigenvalue weighted by atomic mass is 19.4. The van der Waals surface area contributed by atoms with Crippen molar-refractivity contribution in [3.8, 4) is 11.5 Å². The number of ether oxygens (including phenoxy) is 1. The van der Waals surface area contributed by atoms with Crippen LogP contribution in [0.3, 0.4) is 0 Å². The number of alkyl halides is 3. The standard InChI is InChI=1S/C37H37F3N4O5/c1-43(35(46)29-13-8-14-30(29)36(47)48-23-24-9-4-2-5-10-24)27-19-21-44(22-20-27)28-17-15-26(16-18-28)41-33(45)31-32(37(38,39)40)49-34(42-31)25-11-6-3-7-12-25/h2-7,9-12,15-18,27,29-30H,8,13-14,19-23H2,1H3,(H,41,45)/t29-,30-/m0/s1. The van der Waals surface area contributed by atoms with E-state index in [0.717, 1.165) is 30.5 Å². The second kappa shape index (κ2) is 14.6. The summed E-state index contributed by atoms with van der Waals surface area (Å²) in [4.78, 5) is 47.2. The average Bonchev–Trinajstić information content (AvgIpc) is 3.81. The number of oxazole rings is 1. The van der Waals surface area contributed by atoms with Gasteiger partial charge in [0.1, 0.15) is 6.61 Å². The van der Waals surface area contributed by atoms with Gasteiger partial charge in [-0.15, -0.1) is 0 Å². The highest BCUT2D eigenvalue weighted by Gasteiger charge is 2.43. The number of hydrogen-bond donors (Lipinski definition) is 1. The molecule has 2 fully saturated rings. The van der Waals surface area contributed by atoms with Gasteiger partial charge in [0.15, 0.2) is 5.69 Å². The van der Waals surface area contributed by atoms with Crippen LogP contribution in [0.2, 0.25) is 0 Å². The van der Waals surface area contributed by atoms with Gasteiger partial charge < -0.3 is 24.3 Å². The summed E-state index contributed by atoms with van der Waals surface area (Å²) in [7, 11) is 1.81. The number of piperidine rings is 1. The molecule has 4 aromatic rings. The highest BCUT2D eigenvalue weighted by molar-refractivity contribution is 6.04. The van der Waals surface area contributed by atoms with Crippen LogP contribution in [0.5, 0.6) is 0 Å². The number of carbonyl (C=O) groups is 3. The van der Waals surface area contributed by atoms with Crippen molar-refractivity contribution in [1.82, 2.24) is 9.88 Å². The predicted octanol–water partition coefficient (Wildman–Crippen LogP) is 7.20. The van der Waals surface area contributed by atoms with Crippen LogP contribution in [0.25, 0.3) is 11.5 Å². The maximum Gasteiger partial charge on any atom is 0.452 e. The third-order valence-corrected chi connectivity index (χ3v) is 9.33. The minimum atomic E-state index is -4.91. The summed E-state index contributed by atoms with van der Waals surface area (Å²) in [5.41, 5.74) is 1.57. The monoisotopic (exact) mass is 674 g/mol. The molecule has 0 radical (unpaired) electrons. The number of rotatable bonds is 9. The summed E-state index contributed by atoms with van der Waals surface area (Å²) < 4.78 is 51.7. The number of anilines is 2. The van der Waals surface area contributed by atoms with Crippen LogP contribution in [0.1, 0.15) is 53.9 Å². The number of aromatic nitrogens is 1. The normalized spacial score (nSPS) is 18.2. The summed E-state index contributed by atoms with van der Waals surface area (Å²) in [5, 5.41) is 2.50. The molecule has 9 nitrogen and oxygen atoms in total. The van der Waals surface area contributed by atoms with E-state index >= 15 is 0 Å². The molecule has 49 heavy (non-hydrogen) atoms. The Morgan fingerprint density at radius 1 is 0.898 bits per heavy atom. The van der Waals surface area contributed by atoms with Crippen LogP contribution in [-0.4, -0.2) is 53.8 Å². The first-order valence-electron chi connectivity index (χ1n) is 16.4. The third kappa shape index (κ3) is 7.79. The Morgan fingerprint density at radius 2 is 1.53 bits per heavy atom. The van der Waals surface area contributed by atoms with Crippen LogP contribution >= 0.6 is 0 Å². The molecule has 2 atom stereocenters. The molecule has 1 aliphatic heterocycles. The molecule has 2 heterocycles. The van der Waals surface area contributed by atoms with E-state index in [0.29, 0.717) is 37.2 Å². The molecule has 1 aliphatic carbocycles. The lowest BCUT2D eigenvalue weighted by Crippen LogP contribution is -2.48. The Hall–Kier alpha value is -5.13. The maximum atomic E-state index is 13.7. The zero-order chi connectivity index (χ0) is 34.5. The van der Waals surface area contributed by atoms with Crippen molar-refractivity contribution in [2.24, 2.45) is 11.8 Å². The van der Waals surface area contributed by atoms with Gasteiger partial charge in [-0.25, -0.2) is 4.98 Å². The number of benzene rings is 3.